The van der Waals surface area contributed by atoms with Crippen molar-refractivity contribution < 1.29 is 8.78 Å². The lowest BCUT2D eigenvalue weighted by molar-refractivity contribution is 0.277. The summed E-state index contributed by atoms with van der Waals surface area (Å²) in [5.74, 6) is 0.680. The van der Waals surface area contributed by atoms with Crippen LogP contribution in [0.2, 0.25) is 0 Å². The molecule has 0 N–H and O–H groups in total. The molecule has 2 rings (SSSR count). The van der Waals surface area contributed by atoms with Gasteiger partial charge in [-0.25, -0.2) is 8.78 Å². The SMILES string of the molecule is C/C=C/c1c(F)cc(CCC2CCC(C)CC2)cc1F. The molecule has 20 heavy (non-hydrogen) atoms. The summed E-state index contributed by atoms with van der Waals surface area (Å²) in [6.07, 6.45) is 10.1. The van der Waals surface area contributed by atoms with E-state index in [-0.39, 0.29) is 5.56 Å². The molecule has 1 aromatic carbocycles. The third kappa shape index (κ3) is 3.91. The van der Waals surface area contributed by atoms with E-state index in [9.17, 15) is 8.78 Å². The van der Waals surface area contributed by atoms with Gasteiger partial charge in [0.2, 0.25) is 0 Å². The maximum atomic E-state index is 13.8. The molecule has 1 aromatic rings. The molecule has 0 unspecified atom stereocenters. The largest absolute Gasteiger partial charge is 0.206 e. The third-order valence-corrected chi connectivity index (χ3v) is 4.45. The van der Waals surface area contributed by atoms with Crippen molar-refractivity contribution in [2.45, 2.75) is 52.4 Å². The molecule has 0 bridgehead atoms. The highest BCUT2D eigenvalue weighted by atomic mass is 19.1. The fourth-order valence-electron chi connectivity index (χ4n) is 3.10. The van der Waals surface area contributed by atoms with Gasteiger partial charge in [0.1, 0.15) is 11.6 Å². The van der Waals surface area contributed by atoms with Crippen LogP contribution in [0.5, 0.6) is 0 Å². The Morgan fingerprint density at radius 3 is 2.25 bits per heavy atom. The number of hydrogen-bond acceptors (Lipinski definition) is 0. The molecule has 0 saturated heterocycles. The Morgan fingerprint density at radius 2 is 1.70 bits per heavy atom. The minimum absolute atomic E-state index is 0.0720. The third-order valence-electron chi connectivity index (χ3n) is 4.45. The molecule has 1 aliphatic rings. The fraction of sp³-hybridized carbons (Fsp3) is 0.556. The first kappa shape index (κ1) is 15.2. The van der Waals surface area contributed by atoms with Crippen molar-refractivity contribution in [3.8, 4) is 0 Å². The molecule has 1 saturated carbocycles. The topological polar surface area (TPSA) is 0 Å². The van der Waals surface area contributed by atoms with Gasteiger partial charge in [0.05, 0.1) is 0 Å². The first-order valence-corrected chi connectivity index (χ1v) is 7.70. The molecule has 0 atom stereocenters. The Kier molecular flexibility index (Phi) is 5.33. The van der Waals surface area contributed by atoms with Crippen molar-refractivity contribution in [3.63, 3.8) is 0 Å². The summed E-state index contributed by atoms with van der Waals surface area (Å²) in [7, 11) is 0. The molecule has 0 nitrogen and oxygen atoms in total. The summed E-state index contributed by atoms with van der Waals surface area (Å²) < 4.78 is 27.6. The predicted octanol–water partition coefficient (Wildman–Crippen LogP) is 5.76. The van der Waals surface area contributed by atoms with Crippen molar-refractivity contribution in [2.24, 2.45) is 11.8 Å². The first-order valence-electron chi connectivity index (χ1n) is 7.70. The Balaban J connectivity index is 1.96. The zero-order valence-corrected chi connectivity index (χ0v) is 12.5. The summed E-state index contributed by atoms with van der Waals surface area (Å²) in [5.41, 5.74) is 0.856. The number of hydrogen-bond donors (Lipinski definition) is 0. The average Bonchev–Trinajstić information content (AvgIpc) is 2.42. The maximum absolute atomic E-state index is 13.8. The quantitative estimate of drug-likeness (QED) is 0.657. The van der Waals surface area contributed by atoms with Crippen molar-refractivity contribution in [1.82, 2.24) is 0 Å². The van der Waals surface area contributed by atoms with E-state index < -0.39 is 11.6 Å². The zero-order chi connectivity index (χ0) is 14.5. The summed E-state index contributed by atoms with van der Waals surface area (Å²) >= 11 is 0. The summed E-state index contributed by atoms with van der Waals surface area (Å²) in [6.45, 7) is 4.07. The van der Waals surface area contributed by atoms with Crippen LogP contribution >= 0.6 is 0 Å². The molecule has 1 fully saturated rings. The van der Waals surface area contributed by atoms with Crippen molar-refractivity contribution in [2.75, 3.05) is 0 Å². The van der Waals surface area contributed by atoms with Gasteiger partial charge in [0.25, 0.3) is 0 Å². The lowest BCUT2D eigenvalue weighted by Crippen LogP contribution is -2.13. The van der Waals surface area contributed by atoms with Gasteiger partial charge in [-0.2, -0.15) is 0 Å². The molecule has 0 aromatic heterocycles. The Hall–Kier alpha value is -1.18. The Labute approximate surface area is 120 Å². The molecule has 0 radical (unpaired) electrons. The number of benzene rings is 1. The minimum Gasteiger partial charge on any atom is -0.206 e. The average molecular weight is 278 g/mol. The predicted molar refractivity (Wildman–Crippen MR) is 80.5 cm³/mol. The van der Waals surface area contributed by atoms with Gasteiger partial charge in [0.15, 0.2) is 0 Å². The number of aryl methyl sites for hydroxylation is 1. The van der Waals surface area contributed by atoms with E-state index in [0.717, 1.165) is 30.2 Å². The van der Waals surface area contributed by atoms with Gasteiger partial charge in [-0.3, -0.25) is 0 Å². The molecule has 110 valence electrons. The summed E-state index contributed by atoms with van der Waals surface area (Å²) in [5, 5.41) is 0. The Morgan fingerprint density at radius 1 is 1.10 bits per heavy atom. The lowest BCUT2D eigenvalue weighted by atomic mass is 9.80. The van der Waals surface area contributed by atoms with Crippen molar-refractivity contribution >= 4 is 6.08 Å². The van der Waals surface area contributed by atoms with E-state index in [2.05, 4.69) is 6.92 Å². The normalized spacial score (nSPS) is 23.4. The van der Waals surface area contributed by atoms with E-state index in [1.54, 1.807) is 13.0 Å². The van der Waals surface area contributed by atoms with Gasteiger partial charge >= 0.3 is 0 Å². The maximum Gasteiger partial charge on any atom is 0.133 e. The Bertz CT molecular complexity index is 445. The van der Waals surface area contributed by atoms with E-state index in [1.807, 2.05) is 0 Å². The smallest absolute Gasteiger partial charge is 0.133 e. The van der Waals surface area contributed by atoms with E-state index in [1.165, 1.54) is 43.9 Å². The van der Waals surface area contributed by atoms with Crippen molar-refractivity contribution in [1.29, 1.82) is 0 Å². The van der Waals surface area contributed by atoms with E-state index in [0.29, 0.717) is 0 Å². The molecule has 2 heteroatoms. The molecule has 0 aliphatic heterocycles. The first-order chi connectivity index (χ1) is 9.60. The monoisotopic (exact) mass is 278 g/mol. The van der Waals surface area contributed by atoms with Crippen LogP contribution < -0.4 is 0 Å². The van der Waals surface area contributed by atoms with Crippen LogP contribution in [0.3, 0.4) is 0 Å². The lowest BCUT2D eigenvalue weighted by Gasteiger charge is -2.26. The zero-order valence-electron chi connectivity index (χ0n) is 12.5. The number of rotatable bonds is 4. The molecular weight excluding hydrogens is 254 g/mol. The molecule has 0 amide bonds. The van der Waals surface area contributed by atoms with Crippen LogP contribution in [0.1, 0.15) is 57.1 Å². The van der Waals surface area contributed by atoms with Crippen LogP contribution in [0, 0.1) is 23.5 Å². The summed E-state index contributed by atoms with van der Waals surface area (Å²) in [4.78, 5) is 0. The van der Waals surface area contributed by atoms with Crippen LogP contribution in [0.15, 0.2) is 18.2 Å². The van der Waals surface area contributed by atoms with Gasteiger partial charge in [-0.05, 0) is 49.3 Å². The highest BCUT2D eigenvalue weighted by molar-refractivity contribution is 5.51. The minimum atomic E-state index is -0.449. The summed E-state index contributed by atoms with van der Waals surface area (Å²) in [6, 6.07) is 2.98. The second kappa shape index (κ2) is 7.01. The molecule has 1 aliphatic carbocycles. The number of allylic oxidation sites excluding steroid dienone is 1. The van der Waals surface area contributed by atoms with Gasteiger partial charge in [0, 0.05) is 5.56 Å². The number of halogens is 2. The highest BCUT2D eigenvalue weighted by Crippen LogP contribution is 2.31. The second-order valence-electron chi connectivity index (χ2n) is 6.14. The second-order valence-corrected chi connectivity index (χ2v) is 6.14. The van der Waals surface area contributed by atoms with E-state index >= 15 is 0 Å². The van der Waals surface area contributed by atoms with Crippen molar-refractivity contribution in [3.05, 3.63) is 41.0 Å². The highest BCUT2D eigenvalue weighted by Gasteiger charge is 2.18. The molecule has 0 spiro atoms. The molecule has 0 heterocycles. The van der Waals surface area contributed by atoms with Crippen LogP contribution in [0.4, 0.5) is 8.78 Å². The standard InChI is InChI=1S/C18H24F2/c1-3-4-16-17(19)11-15(12-18(16)20)10-9-14-7-5-13(2)6-8-14/h3-4,11-14H,5-10H2,1-2H3/b4-3+. The van der Waals surface area contributed by atoms with E-state index in [4.69, 9.17) is 0 Å². The molecular formula is C18H24F2. The van der Waals surface area contributed by atoms with Gasteiger partial charge < -0.3 is 0 Å². The van der Waals surface area contributed by atoms with Crippen LogP contribution in [-0.2, 0) is 6.42 Å². The van der Waals surface area contributed by atoms with Gasteiger partial charge in [-0.1, -0.05) is 44.8 Å². The van der Waals surface area contributed by atoms with Crippen LogP contribution in [-0.4, -0.2) is 0 Å². The van der Waals surface area contributed by atoms with Gasteiger partial charge in [-0.15, -0.1) is 0 Å². The fourth-order valence-corrected chi connectivity index (χ4v) is 3.10. The van der Waals surface area contributed by atoms with Crippen LogP contribution in [0.25, 0.3) is 6.08 Å².